The Kier molecular flexibility index (Phi) is 5.03. The molecule has 2 aromatic rings. The molecule has 0 spiro atoms. The minimum Gasteiger partial charge on any atom is -0.339 e. The quantitative estimate of drug-likeness (QED) is 0.752. The number of rotatable bonds is 5. The van der Waals surface area contributed by atoms with Gasteiger partial charge in [-0.25, -0.2) is 4.39 Å². The molecule has 8 heteroatoms. The molecule has 6 nitrogen and oxygen atoms in total. The summed E-state index contributed by atoms with van der Waals surface area (Å²) in [5, 5.41) is 15.7. The van der Waals surface area contributed by atoms with Gasteiger partial charge in [-0.1, -0.05) is 12.1 Å². The maximum Gasteiger partial charge on any atom is 0.238 e. The first-order chi connectivity index (χ1) is 14.9. The summed E-state index contributed by atoms with van der Waals surface area (Å²) in [6, 6.07) is 8.65. The fraction of sp³-hybridized carbons (Fsp3) is 0.435. The molecule has 2 aliphatic heterocycles. The zero-order chi connectivity index (χ0) is 21.7. The van der Waals surface area contributed by atoms with Crippen LogP contribution < -0.4 is 15.5 Å². The van der Waals surface area contributed by atoms with Gasteiger partial charge >= 0.3 is 0 Å². The van der Waals surface area contributed by atoms with Gasteiger partial charge < -0.3 is 15.5 Å². The second-order valence-corrected chi connectivity index (χ2v) is 9.80. The topological polar surface area (TPSA) is 85.2 Å². The number of carbonyl (C=O) groups excluding carboxylic acids is 2. The second kappa shape index (κ2) is 7.74. The number of nitrogens with one attached hydrogen (secondary N) is 2. The summed E-state index contributed by atoms with van der Waals surface area (Å²) < 4.78 is 14.7. The Hall–Kier alpha value is -2.76. The van der Waals surface area contributed by atoms with Crippen molar-refractivity contribution in [1.82, 2.24) is 10.6 Å². The lowest BCUT2D eigenvalue weighted by molar-refractivity contribution is -0.124. The number of thiophene rings is 1. The predicted octanol–water partition coefficient (Wildman–Crippen LogP) is 2.76. The van der Waals surface area contributed by atoms with Crippen molar-refractivity contribution in [2.75, 3.05) is 11.9 Å². The van der Waals surface area contributed by atoms with E-state index in [-0.39, 0.29) is 30.1 Å². The maximum atomic E-state index is 14.7. The monoisotopic (exact) mass is 438 g/mol. The molecule has 3 heterocycles. The minimum atomic E-state index is -0.779. The first kappa shape index (κ1) is 20.2. The third-order valence-corrected chi connectivity index (χ3v) is 7.89. The van der Waals surface area contributed by atoms with Crippen LogP contribution in [0.4, 0.5) is 10.1 Å². The highest BCUT2D eigenvalue weighted by Crippen LogP contribution is 2.37. The molecule has 3 aliphatic rings. The molecule has 5 rings (SSSR count). The van der Waals surface area contributed by atoms with Crippen LogP contribution in [-0.4, -0.2) is 37.0 Å². The average Bonchev–Trinajstić information content (AvgIpc) is 3.53. The van der Waals surface area contributed by atoms with Crippen molar-refractivity contribution in [1.29, 1.82) is 5.26 Å². The van der Waals surface area contributed by atoms with Crippen LogP contribution in [0.2, 0.25) is 0 Å². The predicted molar refractivity (Wildman–Crippen MR) is 116 cm³/mol. The number of halogens is 1. The van der Waals surface area contributed by atoms with E-state index in [1.165, 1.54) is 17.4 Å². The third-order valence-electron chi connectivity index (χ3n) is 6.71. The Labute approximate surface area is 184 Å². The number of hydrogen-bond acceptors (Lipinski definition) is 5. The van der Waals surface area contributed by atoms with E-state index in [9.17, 15) is 19.2 Å². The van der Waals surface area contributed by atoms with Gasteiger partial charge in [0.05, 0.1) is 18.5 Å². The fourth-order valence-electron chi connectivity index (χ4n) is 5.01. The lowest BCUT2D eigenvalue weighted by atomic mass is 9.99. The van der Waals surface area contributed by atoms with Crippen molar-refractivity contribution in [3.63, 3.8) is 0 Å². The van der Waals surface area contributed by atoms with Crippen molar-refractivity contribution in [3.8, 4) is 16.5 Å². The molecule has 1 aliphatic carbocycles. The Balaban J connectivity index is 1.30. The molecular weight excluding hydrogens is 415 g/mol. The number of likely N-dealkylation sites (N-methyl/N-ethyl adjacent to an activating group) is 1. The molecule has 160 valence electrons. The number of piperidine rings is 1. The van der Waals surface area contributed by atoms with Crippen molar-refractivity contribution in [3.05, 3.63) is 40.5 Å². The van der Waals surface area contributed by atoms with Crippen LogP contribution >= 0.6 is 11.3 Å². The summed E-state index contributed by atoms with van der Waals surface area (Å²) in [6.07, 6.45) is 3.67. The zero-order valence-corrected chi connectivity index (χ0v) is 18.0. The number of carbonyl (C=O) groups is 2. The van der Waals surface area contributed by atoms with E-state index in [4.69, 9.17) is 0 Å². The molecule has 2 fully saturated rings. The van der Waals surface area contributed by atoms with E-state index in [1.807, 2.05) is 18.2 Å². The Morgan fingerprint density at radius 1 is 1.42 bits per heavy atom. The van der Waals surface area contributed by atoms with Crippen LogP contribution in [0.5, 0.6) is 0 Å². The van der Waals surface area contributed by atoms with Crippen molar-refractivity contribution in [2.45, 2.75) is 50.2 Å². The summed E-state index contributed by atoms with van der Waals surface area (Å²) in [5.41, 5.74) is 2.65. The van der Waals surface area contributed by atoms with E-state index in [0.29, 0.717) is 23.3 Å². The Morgan fingerprint density at radius 2 is 2.26 bits per heavy atom. The van der Waals surface area contributed by atoms with E-state index in [2.05, 4.69) is 16.7 Å². The van der Waals surface area contributed by atoms with Gasteiger partial charge in [0, 0.05) is 35.0 Å². The summed E-state index contributed by atoms with van der Waals surface area (Å²) in [7, 11) is 1.74. The maximum absolute atomic E-state index is 14.7. The normalized spacial score (nSPS) is 24.9. The number of benzene rings is 1. The van der Waals surface area contributed by atoms with Crippen molar-refractivity contribution < 1.29 is 14.0 Å². The van der Waals surface area contributed by atoms with Crippen LogP contribution in [0.3, 0.4) is 0 Å². The average molecular weight is 439 g/mol. The standard InChI is InChI=1S/C23H23FN4O2S/c1-28-18-7-13(3-2-12(18)8-21(28)29)19-10-17(24)20(31-19)9-16(11-25)27-23(30)22-14-4-5-15(6-14)26-22/h2-3,7,10,14-16,22,26H,4-6,8-9H2,1H3,(H,27,30)/t14-,15+,16?,22-/m0/s1. The molecule has 31 heavy (non-hydrogen) atoms. The van der Waals surface area contributed by atoms with Gasteiger partial charge in [-0.05, 0) is 48.4 Å². The molecule has 2 amide bonds. The Bertz CT molecular complexity index is 1110. The van der Waals surface area contributed by atoms with E-state index >= 15 is 0 Å². The van der Waals surface area contributed by atoms with Gasteiger partial charge in [0.1, 0.15) is 11.9 Å². The number of anilines is 1. The summed E-state index contributed by atoms with van der Waals surface area (Å²) in [6.45, 7) is 0. The minimum absolute atomic E-state index is 0.0442. The van der Waals surface area contributed by atoms with Crippen LogP contribution in [0.25, 0.3) is 10.4 Å². The highest BCUT2D eigenvalue weighted by Gasteiger charge is 2.43. The van der Waals surface area contributed by atoms with Crippen LogP contribution in [0.1, 0.15) is 29.7 Å². The van der Waals surface area contributed by atoms with Crippen LogP contribution in [0, 0.1) is 23.1 Å². The van der Waals surface area contributed by atoms with Gasteiger partial charge in [0.25, 0.3) is 0 Å². The van der Waals surface area contributed by atoms with E-state index in [1.54, 1.807) is 11.9 Å². The van der Waals surface area contributed by atoms with Crippen molar-refractivity contribution >= 4 is 28.8 Å². The van der Waals surface area contributed by atoms with Crippen LogP contribution in [-0.2, 0) is 22.4 Å². The molecule has 1 saturated carbocycles. The molecule has 2 bridgehead atoms. The fourth-order valence-corrected chi connectivity index (χ4v) is 6.09. The number of nitriles is 1. The first-order valence-electron chi connectivity index (χ1n) is 10.6. The largest absolute Gasteiger partial charge is 0.339 e. The molecule has 1 aromatic heterocycles. The van der Waals surface area contributed by atoms with Crippen LogP contribution in [0.15, 0.2) is 24.3 Å². The molecule has 1 aromatic carbocycles. The highest BCUT2D eigenvalue weighted by molar-refractivity contribution is 7.15. The number of nitrogens with zero attached hydrogens (tertiary/aromatic N) is 2. The number of hydrogen-bond donors (Lipinski definition) is 2. The summed E-state index contributed by atoms with van der Waals surface area (Å²) >= 11 is 1.28. The molecule has 0 radical (unpaired) electrons. The zero-order valence-electron chi connectivity index (χ0n) is 17.2. The molecule has 2 N–H and O–H groups in total. The lowest BCUT2D eigenvalue weighted by Crippen LogP contribution is -2.50. The summed E-state index contributed by atoms with van der Waals surface area (Å²) in [5.74, 6) is -0.165. The van der Waals surface area contributed by atoms with Gasteiger partial charge in [0.15, 0.2) is 0 Å². The van der Waals surface area contributed by atoms with E-state index < -0.39 is 6.04 Å². The SMILES string of the molecule is CN1C(=O)Cc2ccc(-c3cc(F)c(CC(C#N)NC(=O)[C@H]4N[C@@H]5CC[C@H]4C5)s3)cc21. The number of amides is 2. The smallest absolute Gasteiger partial charge is 0.238 e. The molecule has 1 saturated heterocycles. The van der Waals surface area contributed by atoms with Gasteiger partial charge in [0.2, 0.25) is 11.8 Å². The highest BCUT2D eigenvalue weighted by atomic mass is 32.1. The van der Waals surface area contributed by atoms with Gasteiger partial charge in [-0.15, -0.1) is 11.3 Å². The molecule has 1 unspecified atom stereocenters. The van der Waals surface area contributed by atoms with Crippen molar-refractivity contribution in [2.24, 2.45) is 5.92 Å². The lowest BCUT2D eigenvalue weighted by Gasteiger charge is -2.23. The third kappa shape index (κ3) is 3.62. The molecular formula is C23H23FN4O2S. The second-order valence-electron chi connectivity index (χ2n) is 8.66. The first-order valence-corrected chi connectivity index (χ1v) is 11.4. The Morgan fingerprint density at radius 3 is 2.97 bits per heavy atom. The summed E-state index contributed by atoms with van der Waals surface area (Å²) in [4.78, 5) is 27.3. The molecule has 4 atom stereocenters. The van der Waals surface area contributed by atoms with Gasteiger partial charge in [-0.3, -0.25) is 9.59 Å². The number of fused-ring (bicyclic) bond motifs is 3. The van der Waals surface area contributed by atoms with Gasteiger partial charge in [-0.2, -0.15) is 5.26 Å². The van der Waals surface area contributed by atoms with E-state index in [0.717, 1.165) is 41.0 Å².